The van der Waals surface area contributed by atoms with Crippen LogP contribution in [-0.4, -0.2) is 52.4 Å². The SMILES string of the molecule is CCN(CC)CCCN(CC)c1c(C(N)=S)c(C)nn1C. The van der Waals surface area contributed by atoms with Crippen LogP contribution in [0.1, 0.15) is 38.4 Å². The Labute approximate surface area is 134 Å². The van der Waals surface area contributed by atoms with Crippen molar-refractivity contribution in [1.82, 2.24) is 14.7 Å². The molecule has 0 aliphatic heterocycles. The number of nitrogens with two attached hydrogens (primary N) is 1. The summed E-state index contributed by atoms with van der Waals surface area (Å²) >= 11 is 5.20. The maximum Gasteiger partial charge on any atom is 0.137 e. The fourth-order valence-electron chi connectivity index (χ4n) is 2.74. The lowest BCUT2D eigenvalue weighted by atomic mass is 10.2. The van der Waals surface area contributed by atoms with Crippen molar-refractivity contribution in [3.8, 4) is 0 Å². The third kappa shape index (κ3) is 4.41. The molecule has 1 rings (SSSR count). The molecule has 0 fully saturated rings. The van der Waals surface area contributed by atoms with Gasteiger partial charge in [-0.1, -0.05) is 26.1 Å². The van der Waals surface area contributed by atoms with Crippen LogP contribution in [0, 0.1) is 6.92 Å². The van der Waals surface area contributed by atoms with Crippen molar-refractivity contribution in [2.45, 2.75) is 34.1 Å². The van der Waals surface area contributed by atoms with E-state index in [4.69, 9.17) is 18.0 Å². The lowest BCUT2D eigenvalue weighted by Crippen LogP contribution is -2.32. The number of thiocarbonyl (C=S) groups is 1. The van der Waals surface area contributed by atoms with E-state index in [0.717, 1.165) is 56.2 Å². The minimum absolute atomic E-state index is 0.429. The molecule has 1 aromatic heterocycles. The first-order valence-electron chi connectivity index (χ1n) is 7.76. The minimum atomic E-state index is 0.429. The van der Waals surface area contributed by atoms with Crippen LogP contribution < -0.4 is 10.6 Å². The zero-order chi connectivity index (χ0) is 16.0. The molecule has 2 N–H and O–H groups in total. The van der Waals surface area contributed by atoms with Crippen molar-refractivity contribution in [3.05, 3.63) is 11.3 Å². The maximum atomic E-state index is 5.88. The zero-order valence-corrected chi connectivity index (χ0v) is 14.8. The quantitative estimate of drug-likeness (QED) is 0.706. The van der Waals surface area contributed by atoms with Crippen LogP contribution in [0.25, 0.3) is 0 Å². The van der Waals surface area contributed by atoms with Crippen LogP contribution in [0.5, 0.6) is 0 Å². The summed E-state index contributed by atoms with van der Waals surface area (Å²) in [6, 6.07) is 0. The van der Waals surface area contributed by atoms with Gasteiger partial charge in [0, 0.05) is 20.1 Å². The number of aromatic nitrogens is 2. The zero-order valence-electron chi connectivity index (χ0n) is 14.0. The number of hydrogen-bond acceptors (Lipinski definition) is 4. The fraction of sp³-hybridized carbons (Fsp3) is 0.733. The normalized spacial score (nSPS) is 11.1. The number of nitrogens with zero attached hydrogens (tertiary/aromatic N) is 4. The van der Waals surface area contributed by atoms with Crippen LogP contribution >= 0.6 is 12.2 Å². The highest BCUT2D eigenvalue weighted by atomic mass is 32.1. The van der Waals surface area contributed by atoms with Gasteiger partial charge in [-0.2, -0.15) is 5.10 Å². The molecule has 0 spiro atoms. The van der Waals surface area contributed by atoms with Crippen molar-refractivity contribution in [1.29, 1.82) is 0 Å². The molecule has 0 bridgehead atoms. The first-order valence-corrected chi connectivity index (χ1v) is 8.17. The molecule has 0 amide bonds. The largest absolute Gasteiger partial charge is 0.389 e. The Morgan fingerprint density at radius 1 is 1.19 bits per heavy atom. The number of aryl methyl sites for hydroxylation is 2. The third-order valence-corrected chi connectivity index (χ3v) is 4.12. The summed E-state index contributed by atoms with van der Waals surface area (Å²) in [6.45, 7) is 13.8. The molecule has 120 valence electrons. The molecular weight excluding hydrogens is 282 g/mol. The lowest BCUT2D eigenvalue weighted by Gasteiger charge is -2.26. The van der Waals surface area contributed by atoms with Gasteiger partial charge in [-0.05, 0) is 39.9 Å². The van der Waals surface area contributed by atoms with Crippen molar-refractivity contribution in [2.75, 3.05) is 37.6 Å². The van der Waals surface area contributed by atoms with Gasteiger partial charge in [0.15, 0.2) is 0 Å². The van der Waals surface area contributed by atoms with Crippen LogP contribution in [0.15, 0.2) is 0 Å². The van der Waals surface area contributed by atoms with Gasteiger partial charge in [0.2, 0.25) is 0 Å². The maximum absolute atomic E-state index is 5.88. The standard InChI is InChI=1S/C15H29N5S/c1-6-19(7-2)10-9-11-20(8-3)15-13(14(16)21)12(4)17-18(15)5/h6-11H2,1-5H3,(H2,16,21). The summed E-state index contributed by atoms with van der Waals surface area (Å²) in [5, 5.41) is 4.47. The predicted molar refractivity (Wildman–Crippen MR) is 94.1 cm³/mol. The highest BCUT2D eigenvalue weighted by Crippen LogP contribution is 2.23. The summed E-state index contributed by atoms with van der Waals surface area (Å²) in [5.41, 5.74) is 7.70. The van der Waals surface area contributed by atoms with Crippen molar-refractivity contribution in [3.63, 3.8) is 0 Å². The molecule has 21 heavy (non-hydrogen) atoms. The lowest BCUT2D eigenvalue weighted by molar-refractivity contribution is 0.300. The molecule has 0 aliphatic carbocycles. The van der Waals surface area contributed by atoms with Gasteiger partial charge in [0.1, 0.15) is 10.8 Å². The van der Waals surface area contributed by atoms with E-state index in [2.05, 4.69) is 35.7 Å². The molecule has 1 heterocycles. The molecule has 0 saturated carbocycles. The Morgan fingerprint density at radius 2 is 1.81 bits per heavy atom. The van der Waals surface area contributed by atoms with E-state index in [9.17, 15) is 0 Å². The average molecular weight is 311 g/mol. The van der Waals surface area contributed by atoms with E-state index < -0.39 is 0 Å². The Bertz CT molecular complexity index is 465. The number of hydrogen-bond donors (Lipinski definition) is 1. The number of anilines is 1. The molecule has 5 nitrogen and oxygen atoms in total. The van der Waals surface area contributed by atoms with E-state index in [1.165, 1.54) is 0 Å². The van der Waals surface area contributed by atoms with Gasteiger partial charge in [-0.25, -0.2) is 0 Å². The summed E-state index contributed by atoms with van der Waals surface area (Å²) in [5.74, 6) is 1.04. The Hall–Kier alpha value is -1.14. The average Bonchev–Trinajstić information content (AvgIpc) is 2.74. The summed E-state index contributed by atoms with van der Waals surface area (Å²) in [7, 11) is 1.96. The smallest absolute Gasteiger partial charge is 0.137 e. The van der Waals surface area contributed by atoms with E-state index >= 15 is 0 Å². The predicted octanol–water partition coefficient (Wildman–Crippen LogP) is 1.92. The van der Waals surface area contributed by atoms with Crippen LogP contribution in [0.4, 0.5) is 5.82 Å². The second-order valence-corrected chi connectivity index (χ2v) is 5.67. The van der Waals surface area contributed by atoms with Crippen molar-refractivity contribution >= 4 is 23.0 Å². The van der Waals surface area contributed by atoms with E-state index in [0.29, 0.717) is 4.99 Å². The molecule has 0 atom stereocenters. The van der Waals surface area contributed by atoms with Gasteiger partial charge < -0.3 is 15.5 Å². The fourth-order valence-corrected chi connectivity index (χ4v) is 2.98. The molecule has 1 aromatic rings. The second-order valence-electron chi connectivity index (χ2n) is 5.23. The molecule has 0 unspecified atom stereocenters. The Morgan fingerprint density at radius 3 is 2.29 bits per heavy atom. The van der Waals surface area contributed by atoms with Crippen LogP contribution in [0.3, 0.4) is 0 Å². The van der Waals surface area contributed by atoms with Gasteiger partial charge in [-0.15, -0.1) is 0 Å². The Kier molecular flexibility index (Phi) is 7.11. The summed E-state index contributed by atoms with van der Waals surface area (Å²) in [4.78, 5) is 5.19. The summed E-state index contributed by atoms with van der Waals surface area (Å²) < 4.78 is 1.89. The van der Waals surface area contributed by atoms with Crippen LogP contribution in [-0.2, 0) is 7.05 Å². The minimum Gasteiger partial charge on any atom is -0.389 e. The van der Waals surface area contributed by atoms with E-state index in [-0.39, 0.29) is 0 Å². The van der Waals surface area contributed by atoms with Gasteiger partial charge in [-0.3, -0.25) is 4.68 Å². The van der Waals surface area contributed by atoms with E-state index in [1.807, 2.05) is 18.7 Å². The van der Waals surface area contributed by atoms with Crippen molar-refractivity contribution in [2.24, 2.45) is 12.8 Å². The highest BCUT2D eigenvalue weighted by Gasteiger charge is 2.20. The monoisotopic (exact) mass is 311 g/mol. The van der Waals surface area contributed by atoms with Gasteiger partial charge in [0.25, 0.3) is 0 Å². The first kappa shape index (κ1) is 17.9. The molecule has 0 aromatic carbocycles. The highest BCUT2D eigenvalue weighted by molar-refractivity contribution is 7.80. The molecule has 6 heteroatoms. The molecule has 0 aliphatic rings. The van der Waals surface area contributed by atoms with E-state index in [1.54, 1.807) is 0 Å². The van der Waals surface area contributed by atoms with Crippen LogP contribution in [0.2, 0.25) is 0 Å². The topological polar surface area (TPSA) is 50.3 Å². The third-order valence-electron chi connectivity index (χ3n) is 3.92. The first-order chi connectivity index (χ1) is 9.96. The van der Waals surface area contributed by atoms with Crippen molar-refractivity contribution < 1.29 is 0 Å². The molecular formula is C15H29N5S. The van der Waals surface area contributed by atoms with Gasteiger partial charge in [0.05, 0.1) is 11.3 Å². The Balaban J connectivity index is 2.83. The summed E-state index contributed by atoms with van der Waals surface area (Å²) in [6.07, 6.45) is 1.12. The number of rotatable bonds is 9. The van der Waals surface area contributed by atoms with Gasteiger partial charge >= 0.3 is 0 Å². The molecule has 0 saturated heterocycles. The molecule has 0 radical (unpaired) electrons. The second kappa shape index (κ2) is 8.34.